The number of piperidine rings is 1. The fourth-order valence-corrected chi connectivity index (χ4v) is 2.86. The van der Waals surface area contributed by atoms with E-state index < -0.39 is 0 Å². The smallest absolute Gasteiger partial charge is 0.290 e. The molecule has 0 aromatic carbocycles. The molecule has 3 rings (SSSR count). The summed E-state index contributed by atoms with van der Waals surface area (Å²) in [4.78, 5) is 25.1. The van der Waals surface area contributed by atoms with E-state index in [1.54, 1.807) is 12.4 Å². The van der Waals surface area contributed by atoms with Gasteiger partial charge < -0.3 is 15.2 Å². The maximum absolute atomic E-state index is 11.9. The van der Waals surface area contributed by atoms with Crippen LogP contribution in [0.5, 0.6) is 0 Å². The molecule has 6 heteroatoms. The molecule has 2 aromatic heterocycles. The largest absolute Gasteiger partial charge is 0.350 e. The van der Waals surface area contributed by atoms with Crippen LogP contribution in [-0.4, -0.2) is 34.1 Å². The van der Waals surface area contributed by atoms with E-state index in [2.05, 4.69) is 31.2 Å². The molecule has 2 aromatic rings. The summed E-state index contributed by atoms with van der Waals surface area (Å²) in [6.45, 7) is 4.51. The van der Waals surface area contributed by atoms with Crippen molar-refractivity contribution in [3.63, 3.8) is 0 Å². The van der Waals surface area contributed by atoms with Crippen molar-refractivity contribution in [1.82, 2.24) is 20.3 Å². The number of pyridine rings is 1. The first-order valence-electron chi connectivity index (χ1n) is 7.66. The number of nitrogens with one attached hydrogen (secondary N) is 2. The van der Waals surface area contributed by atoms with Crippen molar-refractivity contribution in [2.45, 2.75) is 32.4 Å². The molecule has 1 aliphatic rings. The first-order valence-corrected chi connectivity index (χ1v) is 7.66. The highest BCUT2D eigenvalue weighted by molar-refractivity contribution is 5.36. The minimum Gasteiger partial charge on any atom is -0.350 e. The van der Waals surface area contributed by atoms with Crippen molar-refractivity contribution in [2.24, 2.45) is 0 Å². The zero-order chi connectivity index (χ0) is 15.4. The minimum atomic E-state index is -0.119. The zero-order valence-electron chi connectivity index (χ0n) is 12.7. The number of anilines is 1. The monoisotopic (exact) mass is 299 g/mol. The predicted molar refractivity (Wildman–Crippen MR) is 85.9 cm³/mol. The molecular weight excluding hydrogens is 278 g/mol. The summed E-state index contributed by atoms with van der Waals surface area (Å²) in [6, 6.07) is 4.42. The molecule has 0 radical (unpaired) electrons. The van der Waals surface area contributed by atoms with Crippen molar-refractivity contribution in [1.29, 1.82) is 0 Å². The fraction of sp³-hybridized carbons (Fsp3) is 0.438. The maximum atomic E-state index is 11.9. The highest BCUT2D eigenvalue weighted by Gasteiger charge is 2.22. The van der Waals surface area contributed by atoms with Crippen LogP contribution in [0.25, 0.3) is 0 Å². The molecule has 0 bridgehead atoms. The number of aromatic amines is 1. The first kappa shape index (κ1) is 14.7. The van der Waals surface area contributed by atoms with E-state index in [1.165, 1.54) is 5.56 Å². The third-order valence-electron chi connectivity index (χ3n) is 4.11. The average molecular weight is 299 g/mol. The highest BCUT2D eigenvalue weighted by Crippen LogP contribution is 2.15. The lowest BCUT2D eigenvalue weighted by Gasteiger charge is -2.33. The van der Waals surface area contributed by atoms with Gasteiger partial charge in [0.1, 0.15) is 0 Å². The van der Waals surface area contributed by atoms with Crippen LogP contribution in [0.2, 0.25) is 0 Å². The van der Waals surface area contributed by atoms with Gasteiger partial charge in [-0.15, -0.1) is 0 Å². The van der Waals surface area contributed by atoms with Gasteiger partial charge in [0, 0.05) is 50.0 Å². The molecular formula is C16H21N5O. The molecule has 1 atom stereocenters. The average Bonchev–Trinajstić information content (AvgIpc) is 2.55. The number of hydrogen-bond donors (Lipinski definition) is 2. The number of nitrogens with zero attached hydrogens (tertiary/aromatic N) is 3. The SMILES string of the molecule is Cc1ncccc1CN[C@H]1CCCN(c2ncc[nH]c2=O)C1. The van der Waals surface area contributed by atoms with Gasteiger partial charge in [0.05, 0.1) is 0 Å². The molecule has 0 spiro atoms. The molecule has 1 saturated heterocycles. The van der Waals surface area contributed by atoms with Crippen LogP contribution >= 0.6 is 0 Å². The van der Waals surface area contributed by atoms with Gasteiger partial charge in [0.25, 0.3) is 5.56 Å². The molecule has 0 amide bonds. The van der Waals surface area contributed by atoms with Gasteiger partial charge in [-0.05, 0) is 31.4 Å². The van der Waals surface area contributed by atoms with Crippen molar-refractivity contribution in [3.05, 3.63) is 52.3 Å². The standard InChI is InChI=1S/C16H21N5O/c1-12-13(4-2-6-17-12)10-20-14-5-3-9-21(11-14)15-16(22)19-8-7-18-15/h2,4,6-8,14,20H,3,5,9-11H2,1H3,(H,19,22)/t14-/m0/s1. The Bertz CT molecular complexity index is 684. The molecule has 0 unspecified atom stereocenters. The third-order valence-corrected chi connectivity index (χ3v) is 4.11. The van der Waals surface area contributed by atoms with Crippen LogP contribution in [0, 0.1) is 6.92 Å². The van der Waals surface area contributed by atoms with Gasteiger partial charge in [-0.1, -0.05) is 6.07 Å². The minimum absolute atomic E-state index is 0.119. The van der Waals surface area contributed by atoms with Crippen LogP contribution < -0.4 is 15.8 Å². The summed E-state index contributed by atoms with van der Waals surface area (Å²) in [6.07, 6.45) is 7.18. The first-order chi connectivity index (χ1) is 10.7. The molecule has 1 aliphatic heterocycles. The van der Waals surface area contributed by atoms with Crippen molar-refractivity contribution < 1.29 is 0 Å². The molecule has 116 valence electrons. The fourth-order valence-electron chi connectivity index (χ4n) is 2.86. The Morgan fingerprint density at radius 1 is 1.41 bits per heavy atom. The Balaban J connectivity index is 1.63. The van der Waals surface area contributed by atoms with E-state index >= 15 is 0 Å². The van der Waals surface area contributed by atoms with Crippen LogP contribution in [0.1, 0.15) is 24.1 Å². The van der Waals surface area contributed by atoms with E-state index in [0.29, 0.717) is 11.9 Å². The normalized spacial score (nSPS) is 18.4. The quantitative estimate of drug-likeness (QED) is 0.888. The second kappa shape index (κ2) is 6.70. The summed E-state index contributed by atoms with van der Waals surface area (Å²) in [5.74, 6) is 0.520. The Morgan fingerprint density at radius 3 is 3.14 bits per heavy atom. The molecule has 0 aliphatic carbocycles. The molecule has 3 heterocycles. The van der Waals surface area contributed by atoms with Gasteiger partial charge in [0.15, 0.2) is 5.82 Å². The molecule has 22 heavy (non-hydrogen) atoms. The van der Waals surface area contributed by atoms with Crippen molar-refractivity contribution >= 4 is 5.82 Å². The lowest BCUT2D eigenvalue weighted by Crippen LogP contribution is -2.47. The number of rotatable bonds is 4. The summed E-state index contributed by atoms with van der Waals surface area (Å²) < 4.78 is 0. The summed E-state index contributed by atoms with van der Waals surface area (Å²) in [5.41, 5.74) is 2.16. The van der Waals surface area contributed by atoms with Crippen LogP contribution in [0.15, 0.2) is 35.5 Å². The summed E-state index contributed by atoms with van der Waals surface area (Å²) in [5, 5.41) is 3.58. The van der Waals surface area contributed by atoms with E-state index in [0.717, 1.165) is 38.2 Å². The van der Waals surface area contributed by atoms with E-state index in [9.17, 15) is 4.79 Å². The second-order valence-corrected chi connectivity index (χ2v) is 5.66. The van der Waals surface area contributed by atoms with Crippen LogP contribution in [-0.2, 0) is 6.54 Å². The predicted octanol–water partition coefficient (Wildman–Crippen LogP) is 1.23. The van der Waals surface area contributed by atoms with Crippen molar-refractivity contribution in [2.75, 3.05) is 18.0 Å². The third kappa shape index (κ3) is 3.33. The topological polar surface area (TPSA) is 73.9 Å². The second-order valence-electron chi connectivity index (χ2n) is 5.66. The van der Waals surface area contributed by atoms with Gasteiger partial charge >= 0.3 is 0 Å². The van der Waals surface area contributed by atoms with Crippen LogP contribution in [0.4, 0.5) is 5.82 Å². The van der Waals surface area contributed by atoms with E-state index in [1.807, 2.05) is 19.2 Å². The Morgan fingerprint density at radius 2 is 2.32 bits per heavy atom. The molecule has 6 nitrogen and oxygen atoms in total. The van der Waals surface area contributed by atoms with E-state index in [-0.39, 0.29) is 5.56 Å². The summed E-state index contributed by atoms with van der Waals surface area (Å²) >= 11 is 0. The van der Waals surface area contributed by atoms with E-state index in [4.69, 9.17) is 0 Å². The lowest BCUT2D eigenvalue weighted by molar-refractivity contribution is 0.419. The van der Waals surface area contributed by atoms with Crippen LogP contribution in [0.3, 0.4) is 0 Å². The lowest BCUT2D eigenvalue weighted by atomic mass is 10.1. The Hall–Kier alpha value is -2.21. The van der Waals surface area contributed by atoms with Crippen molar-refractivity contribution in [3.8, 4) is 0 Å². The number of aromatic nitrogens is 3. The maximum Gasteiger partial charge on any atom is 0.290 e. The highest BCUT2D eigenvalue weighted by atomic mass is 16.1. The zero-order valence-corrected chi connectivity index (χ0v) is 12.7. The van der Waals surface area contributed by atoms with Gasteiger partial charge in [0.2, 0.25) is 0 Å². The molecule has 0 saturated carbocycles. The Kier molecular flexibility index (Phi) is 4.48. The van der Waals surface area contributed by atoms with Gasteiger partial charge in [-0.25, -0.2) is 4.98 Å². The van der Waals surface area contributed by atoms with Gasteiger partial charge in [-0.3, -0.25) is 9.78 Å². The molecule has 1 fully saturated rings. The number of H-pyrrole nitrogens is 1. The van der Waals surface area contributed by atoms with Gasteiger partial charge in [-0.2, -0.15) is 0 Å². The number of hydrogen-bond acceptors (Lipinski definition) is 5. The summed E-state index contributed by atoms with van der Waals surface area (Å²) in [7, 11) is 0. The molecule has 2 N–H and O–H groups in total. The Labute approximate surface area is 129 Å². The number of aryl methyl sites for hydroxylation is 1.